The van der Waals surface area contributed by atoms with Gasteiger partial charge in [-0.05, 0) is 19.1 Å². The second-order valence-electron chi connectivity index (χ2n) is 5.23. The summed E-state index contributed by atoms with van der Waals surface area (Å²) in [5.41, 5.74) is 1.34. The van der Waals surface area contributed by atoms with Crippen molar-refractivity contribution in [2.24, 2.45) is 0 Å². The summed E-state index contributed by atoms with van der Waals surface area (Å²) in [5, 5.41) is 22.7. The molecular formula is C15H15ClFN7O. The number of aliphatic hydroxyl groups is 1. The number of rotatable bonds is 6. The molecule has 0 aliphatic carbocycles. The van der Waals surface area contributed by atoms with Crippen molar-refractivity contribution in [1.29, 1.82) is 0 Å². The Morgan fingerprint density at radius 3 is 2.80 bits per heavy atom. The molecule has 3 aromatic rings. The van der Waals surface area contributed by atoms with Crippen molar-refractivity contribution >= 4 is 29.2 Å². The van der Waals surface area contributed by atoms with Gasteiger partial charge in [-0.2, -0.15) is 10.1 Å². The topological polar surface area (TPSA) is 112 Å². The Hall–Kier alpha value is -2.78. The maximum atomic E-state index is 13.0. The van der Waals surface area contributed by atoms with Crippen molar-refractivity contribution in [2.45, 2.75) is 13.0 Å². The maximum Gasteiger partial charge on any atom is 0.225 e. The van der Waals surface area contributed by atoms with E-state index in [-0.39, 0.29) is 12.6 Å². The van der Waals surface area contributed by atoms with Gasteiger partial charge in [-0.15, -0.1) is 0 Å². The fraction of sp³-hybridized carbons (Fsp3) is 0.200. The highest BCUT2D eigenvalue weighted by molar-refractivity contribution is 6.32. The van der Waals surface area contributed by atoms with E-state index in [1.807, 2.05) is 6.92 Å². The van der Waals surface area contributed by atoms with E-state index in [9.17, 15) is 9.50 Å². The van der Waals surface area contributed by atoms with Crippen LogP contribution in [0, 0.1) is 12.7 Å². The first-order valence-electron chi connectivity index (χ1n) is 7.35. The molecule has 0 aromatic carbocycles. The van der Waals surface area contributed by atoms with E-state index >= 15 is 0 Å². The molecular weight excluding hydrogens is 349 g/mol. The Morgan fingerprint density at radius 1 is 1.32 bits per heavy atom. The van der Waals surface area contributed by atoms with Crippen molar-refractivity contribution in [3.8, 4) is 0 Å². The standard InChI is InChI=1S/C15H15ClFN7O/c1-8-4-13(24-23-8)21-14-10(16)6-19-15(22-14)20-12(7-25)11-3-2-9(17)5-18-11/h2-6,12,25H,7H2,1H3,(H3,19,20,21,22,23,24)/t12-/m0/s1. The second-order valence-corrected chi connectivity index (χ2v) is 5.64. The zero-order valence-electron chi connectivity index (χ0n) is 13.2. The zero-order chi connectivity index (χ0) is 17.8. The van der Waals surface area contributed by atoms with Crippen LogP contribution in [0.1, 0.15) is 17.4 Å². The summed E-state index contributed by atoms with van der Waals surface area (Å²) < 4.78 is 13.0. The van der Waals surface area contributed by atoms with Crippen LogP contribution in [0.25, 0.3) is 0 Å². The minimum Gasteiger partial charge on any atom is -0.394 e. The molecule has 4 N–H and O–H groups in total. The van der Waals surface area contributed by atoms with E-state index in [4.69, 9.17) is 11.6 Å². The Bertz CT molecular complexity index is 855. The van der Waals surface area contributed by atoms with Crippen molar-refractivity contribution in [3.63, 3.8) is 0 Å². The van der Waals surface area contributed by atoms with E-state index in [2.05, 4.69) is 35.8 Å². The smallest absolute Gasteiger partial charge is 0.225 e. The number of aliphatic hydroxyl groups excluding tert-OH is 1. The number of aromatic amines is 1. The molecule has 0 fully saturated rings. The van der Waals surface area contributed by atoms with E-state index < -0.39 is 11.9 Å². The van der Waals surface area contributed by atoms with Gasteiger partial charge in [0.25, 0.3) is 0 Å². The minimum absolute atomic E-state index is 0.226. The van der Waals surface area contributed by atoms with Crippen LogP contribution in [0.3, 0.4) is 0 Å². The summed E-state index contributed by atoms with van der Waals surface area (Å²) in [6, 6.07) is 3.94. The minimum atomic E-state index is -0.595. The number of nitrogens with one attached hydrogen (secondary N) is 3. The van der Waals surface area contributed by atoms with Crippen molar-refractivity contribution < 1.29 is 9.50 Å². The Morgan fingerprint density at radius 2 is 2.16 bits per heavy atom. The van der Waals surface area contributed by atoms with Crippen molar-refractivity contribution in [1.82, 2.24) is 25.1 Å². The lowest BCUT2D eigenvalue weighted by atomic mass is 10.2. The number of pyridine rings is 1. The number of halogens is 2. The van der Waals surface area contributed by atoms with E-state index in [1.165, 1.54) is 18.3 Å². The number of hydrogen-bond donors (Lipinski definition) is 4. The Kier molecular flexibility index (Phi) is 5.05. The summed E-state index contributed by atoms with van der Waals surface area (Å²) in [7, 11) is 0. The van der Waals surface area contributed by atoms with Crippen LogP contribution in [0.5, 0.6) is 0 Å². The lowest BCUT2D eigenvalue weighted by Gasteiger charge is -2.16. The Balaban J connectivity index is 1.79. The molecule has 0 unspecified atom stereocenters. The second kappa shape index (κ2) is 7.41. The first-order valence-corrected chi connectivity index (χ1v) is 7.73. The normalized spacial score (nSPS) is 12.0. The largest absolute Gasteiger partial charge is 0.394 e. The molecule has 1 atom stereocenters. The van der Waals surface area contributed by atoms with Crippen LogP contribution in [0.2, 0.25) is 5.02 Å². The van der Waals surface area contributed by atoms with Crippen LogP contribution < -0.4 is 10.6 Å². The molecule has 0 radical (unpaired) electrons. The van der Waals surface area contributed by atoms with Crippen molar-refractivity contribution in [3.05, 3.63) is 52.8 Å². The molecule has 130 valence electrons. The molecule has 25 heavy (non-hydrogen) atoms. The highest BCUT2D eigenvalue weighted by Crippen LogP contribution is 2.24. The molecule has 0 saturated carbocycles. The lowest BCUT2D eigenvalue weighted by molar-refractivity contribution is 0.273. The first-order chi connectivity index (χ1) is 12.0. The van der Waals surface area contributed by atoms with E-state index in [0.29, 0.717) is 22.4 Å². The predicted molar refractivity (Wildman–Crippen MR) is 91.3 cm³/mol. The monoisotopic (exact) mass is 363 g/mol. The van der Waals surface area contributed by atoms with Crippen LogP contribution >= 0.6 is 11.6 Å². The van der Waals surface area contributed by atoms with Crippen LogP contribution in [0.4, 0.5) is 22.0 Å². The highest BCUT2D eigenvalue weighted by Gasteiger charge is 2.15. The summed E-state index contributed by atoms with van der Waals surface area (Å²) in [4.78, 5) is 12.3. The third kappa shape index (κ3) is 4.20. The highest BCUT2D eigenvalue weighted by atomic mass is 35.5. The van der Waals surface area contributed by atoms with Gasteiger partial charge < -0.3 is 15.7 Å². The Labute approximate surface area is 147 Å². The third-order valence-corrected chi connectivity index (χ3v) is 3.57. The molecule has 10 heteroatoms. The zero-order valence-corrected chi connectivity index (χ0v) is 13.9. The summed E-state index contributed by atoms with van der Waals surface area (Å²) in [6.07, 6.45) is 2.50. The average molecular weight is 364 g/mol. The fourth-order valence-electron chi connectivity index (χ4n) is 2.09. The molecule has 3 rings (SSSR count). The molecule has 0 bridgehead atoms. The maximum absolute atomic E-state index is 13.0. The number of aryl methyl sites for hydroxylation is 1. The number of anilines is 3. The molecule has 3 aromatic heterocycles. The number of hydrogen-bond acceptors (Lipinski definition) is 7. The van der Waals surface area contributed by atoms with Gasteiger partial charge in [0, 0.05) is 11.8 Å². The predicted octanol–water partition coefficient (Wildman–Crippen LogP) is 2.58. The van der Waals surface area contributed by atoms with Gasteiger partial charge >= 0.3 is 0 Å². The average Bonchev–Trinajstić information content (AvgIpc) is 3.01. The number of aromatic nitrogens is 5. The third-order valence-electron chi connectivity index (χ3n) is 3.29. The molecule has 0 aliphatic rings. The van der Waals surface area contributed by atoms with Crippen LogP contribution in [-0.2, 0) is 0 Å². The lowest BCUT2D eigenvalue weighted by Crippen LogP contribution is -2.18. The number of H-pyrrole nitrogens is 1. The van der Waals surface area contributed by atoms with Crippen LogP contribution in [0.15, 0.2) is 30.6 Å². The van der Waals surface area contributed by atoms with Gasteiger partial charge in [-0.1, -0.05) is 11.6 Å². The first kappa shape index (κ1) is 17.1. The fourth-order valence-corrected chi connectivity index (χ4v) is 2.23. The SMILES string of the molecule is Cc1cc(Nc2nc(N[C@@H](CO)c3ccc(F)cn3)ncc2Cl)n[nH]1. The summed E-state index contributed by atoms with van der Waals surface area (Å²) in [5.74, 6) is 0.686. The van der Waals surface area contributed by atoms with E-state index in [0.717, 1.165) is 11.9 Å². The van der Waals surface area contributed by atoms with Gasteiger partial charge in [0.2, 0.25) is 5.95 Å². The molecule has 3 heterocycles. The molecule has 0 amide bonds. The quantitative estimate of drug-likeness (QED) is 0.532. The summed E-state index contributed by atoms with van der Waals surface area (Å²) >= 11 is 6.10. The van der Waals surface area contributed by atoms with Gasteiger partial charge in [0.05, 0.1) is 30.7 Å². The molecule has 0 spiro atoms. The van der Waals surface area contributed by atoms with Crippen LogP contribution in [-0.4, -0.2) is 36.9 Å². The molecule has 0 aliphatic heterocycles. The van der Waals surface area contributed by atoms with Gasteiger partial charge in [-0.3, -0.25) is 10.1 Å². The van der Waals surface area contributed by atoms with E-state index in [1.54, 1.807) is 6.07 Å². The molecule has 0 saturated heterocycles. The van der Waals surface area contributed by atoms with Crippen molar-refractivity contribution in [2.75, 3.05) is 17.2 Å². The molecule has 8 nitrogen and oxygen atoms in total. The van der Waals surface area contributed by atoms with Gasteiger partial charge in [0.1, 0.15) is 10.8 Å². The van der Waals surface area contributed by atoms with Gasteiger partial charge in [-0.25, -0.2) is 9.37 Å². The summed E-state index contributed by atoms with van der Waals surface area (Å²) in [6.45, 7) is 1.60. The number of nitrogens with zero attached hydrogens (tertiary/aromatic N) is 4. The van der Waals surface area contributed by atoms with Gasteiger partial charge in [0.15, 0.2) is 11.6 Å².